The molecule has 3 rings (SSSR count). The Bertz CT molecular complexity index is 552. The number of hydrogen-bond donors (Lipinski definition) is 2. The van der Waals surface area contributed by atoms with Gasteiger partial charge in [0.15, 0.2) is 5.84 Å². The molecule has 0 saturated heterocycles. The normalized spacial score (nSPS) is 21.1. The van der Waals surface area contributed by atoms with E-state index < -0.39 is 5.41 Å². The fourth-order valence-corrected chi connectivity index (χ4v) is 3.61. The zero-order chi connectivity index (χ0) is 14.9. The maximum absolute atomic E-state index is 13.0. The van der Waals surface area contributed by atoms with E-state index in [9.17, 15) is 4.79 Å². The van der Waals surface area contributed by atoms with Crippen molar-refractivity contribution in [2.45, 2.75) is 45.2 Å². The maximum Gasteiger partial charge on any atom is 0.237 e. The van der Waals surface area contributed by atoms with Gasteiger partial charge >= 0.3 is 0 Å². The number of benzene rings is 1. The molecule has 0 bridgehead atoms. The number of amides is 1. The third kappa shape index (κ3) is 2.26. The maximum atomic E-state index is 13.0. The Hall–Kier alpha value is -2.04. The van der Waals surface area contributed by atoms with Gasteiger partial charge in [0.2, 0.25) is 5.91 Å². The summed E-state index contributed by atoms with van der Waals surface area (Å²) in [6.45, 7) is 1.24. The lowest BCUT2D eigenvalue weighted by Crippen LogP contribution is -2.51. The summed E-state index contributed by atoms with van der Waals surface area (Å²) in [5.74, 6) is 0.0804. The fourth-order valence-electron chi connectivity index (χ4n) is 3.61. The molecule has 1 aliphatic carbocycles. The standard InChI is InChI=1S/C16H21N3O2/c17-14(18-21)16(8-4-1-5-9-16)15(20)19-10-12-6-2-3-7-13(12)11-19/h2-3,6-7,21H,1,4-5,8-11H2,(H2,17,18). The van der Waals surface area contributed by atoms with Crippen molar-refractivity contribution in [3.05, 3.63) is 35.4 Å². The third-order valence-electron chi connectivity index (χ3n) is 4.84. The zero-order valence-electron chi connectivity index (χ0n) is 12.1. The van der Waals surface area contributed by atoms with Gasteiger partial charge in [-0.25, -0.2) is 0 Å². The predicted molar refractivity (Wildman–Crippen MR) is 79.6 cm³/mol. The number of nitrogens with zero attached hydrogens (tertiary/aromatic N) is 2. The highest BCUT2D eigenvalue weighted by atomic mass is 16.4. The number of rotatable bonds is 2. The highest BCUT2D eigenvalue weighted by molar-refractivity contribution is 6.06. The molecular weight excluding hydrogens is 266 g/mol. The summed E-state index contributed by atoms with van der Waals surface area (Å²) in [6.07, 6.45) is 4.35. The van der Waals surface area contributed by atoms with Gasteiger partial charge in [0, 0.05) is 13.1 Å². The van der Waals surface area contributed by atoms with Gasteiger partial charge in [0.1, 0.15) is 5.41 Å². The van der Waals surface area contributed by atoms with Crippen LogP contribution >= 0.6 is 0 Å². The van der Waals surface area contributed by atoms with Crippen LogP contribution in [0.2, 0.25) is 0 Å². The molecule has 21 heavy (non-hydrogen) atoms. The van der Waals surface area contributed by atoms with Crippen molar-refractivity contribution in [2.24, 2.45) is 16.3 Å². The van der Waals surface area contributed by atoms with Crippen molar-refractivity contribution in [3.8, 4) is 0 Å². The first-order valence-corrected chi connectivity index (χ1v) is 7.51. The van der Waals surface area contributed by atoms with Gasteiger partial charge in [-0.2, -0.15) is 0 Å². The van der Waals surface area contributed by atoms with Gasteiger partial charge in [-0.15, -0.1) is 0 Å². The Labute approximate surface area is 124 Å². The zero-order valence-corrected chi connectivity index (χ0v) is 12.1. The van der Waals surface area contributed by atoms with Crippen molar-refractivity contribution < 1.29 is 10.0 Å². The van der Waals surface area contributed by atoms with Crippen molar-refractivity contribution in [1.29, 1.82) is 0 Å². The molecule has 0 radical (unpaired) electrons. The first-order valence-electron chi connectivity index (χ1n) is 7.51. The summed E-state index contributed by atoms with van der Waals surface area (Å²) < 4.78 is 0. The number of carbonyl (C=O) groups excluding carboxylic acids is 1. The first kappa shape index (κ1) is 13.9. The summed E-state index contributed by atoms with van der Waals surface area (Å²) in [6, 6.07) is 8.10. The van der Waals surface area contributed by atoms with Gasteiger partial charge in [0.25, 0.3) is 0 Å². The molecular formula is C16H21N3O2. The lowest BCUT2D eigenvalue weighted by atomic mass is 9.72. The van der Waals surface area contributed by atoms with Crippen LogP contribution in [0, 0.1) is 5.41 Å². The van der Waals surface area contributed by atoms with Crippen molar-refractivity contribution >= 4 is 11.7 Å². The summed E-state index contributed by atoms with van der Waals surface area (Å²) >= 11 is 0. The molecule has 0 unspecified atom stereocenters. The molecule has 112 valence electrons. The number of oxime groups is 1. The molecule has 1 saturated carbocycles. The molecule has 1 fully saturated rings. The fraction of sp³-hybridized carbons (Fsp3) is 0.500. The van der Waals surface area contributed by atoms with Crippen LogP contribution in [0.5, 0.6) is 0 Å². The van der Waals surface area contributed by atoms with Crippen LogP contribution in [0.1, 0.15) is 43.2 Å². The monoisotopic (exact) mass is 287 g/mol. The SMILES string of the molecule is NC(=NO)C1(C(=O)N2Cc3ccccc3C2)CCCCC1. The van der Waals surface area contributed by atoms with Gasteiger partial charge in [-0.05, 0) is 24.0 Å². The smallest absolute Gasteiger partial charge is 0.237 e. The predicted octanol–water partition coefficient (Wildman–Crippen LogP) is 2.23. The Morgan fingerprint density at radius 2 is 1.71 bits per heavy atom. The molecule has 0 aromatic heterocycles. The van der Waals surface area contributed by atoms with Gasteiger partial charge in [-0.1, -0.05) is 48.7 Å². The second-order valence-corrected chi connectivity index (χ2v) is 6.06. The molecule has 1 aromatic carbocycles. The van der Waals surface area contributed by atoms with Crippen LogP contribution in [-0.2, 0) is 17.9 Å². The van der Waals surface area contributed by atoms with Crippen LogP contribution in [0.4, 0.5) is 0 Å². The second kappa shape index (κ2) is 5.39. The van der Waals surface area contributed by atoms with Crippen LogP contribution in [0.15, 0.2) is 29.4 Å². The molecule has 2 aliphatic rings. The van der Waals surface area contributed by atoms with Crippen LogP contribution in [0.25, 0.3) is 0 Å². The van der Waals surface area contributed by atoms with E-state index >= 15 is 0 Å². The topological polar surface area (TPSA) is 78.9 Å². The Morgan fingerprint density at radius 1 is 1.14 bits per heavy atom. The Morgan fingerprint density at radius 3 is 2.24 bits per heavy atom. The highest BCUT2D eigenvalue weighted by Gasteiger charge is 2.46. The summed E-state index contributed by atoms with van der Waals surface area (Å²) in [5.41, 5.74) is 7.48. The molecule has 5 nitrogen and oxygen atoms in total. The van der Waals surface area contributed by atoms with E-state index in [4.69, 9.17) is 10.9 Å². The third-order valence-corrected chi connectivity index (χ3v) is 4.84. The van der Waals surface area contributed by atoms with E-state index in [0.717, 1.165) is 19.3 Å². The van der Waals surface area contributed by atoms with E-state index in [1.165, 1.54) is 11.1 Å². The Balaban J connectivity index is 1.86. The molecule has 1 aliphatic heterocycles. The summed E-state index contributed by atoms with van der Waals surface area (Å²) in [7, 11) is 0. The molecule has 1 aromatic rings. The van der Waals surface area contributed by atoms with E-state index in [0.29, 0.717) is 25.9 Å². The van der Waals surface area contributed by atoms with E-state index in [2.05, 4.69) is 17.3 Å². The van der Waals surface area contributed by atoms with Crippen molar-refractivity contribution in [3.63, 3.8) is 0 Å². The minimum absolute atomic E-state index is 0.00806. The number of nitrogens with two attached hydrogens (primary N) is 1. The lowest BCUT2D eigenvalue weighted by Gasteiger charge is -2.37. The summed E-state index contributed by atoms with van der Waals surface area (Å²) in [5, 5.41) is 12.3. The molecule has 1 amide bonds. The van der Waals surface area contributed by atoms with Crippen molar-refractivity contribution in [2.75, 3.05) is 0 Å². The van der Waals surface area contributed by atoms with E-state index in [-0.39, 0.29) is 11.7 Å². The highest BCUT2D eigenvalue weighted by Crippen LogP contribution is 2.40. The van der Waals surface area contributed by atoms with Crippen molar-refractivity contribution in [1.82, 2.24) is 4.90 Å². The van der Waals surface area contributed by atoms with Gasteiger partial charge in [0.05, 0.1) is 0 Å². The molecule has 0 atom stereocenters. The van der Waals surface area contributed by atoms with E-state index in [1.807, 2.05) is 17.0 Å². The minimum Gasteiger partial charge on any atom is -0.409 e. The molecule has 5 heteroatoms. The molecule has 1 heterocycles. The van der Waals surface area contributed by atoms with Crippen LogP contribution < -0.4 is 5.73 Å². The number of fused-ring (bicyclic) bond motifs is 1. The second-order valence-electron chi connectivity index (χ2n) is 6.06. The Kier molecular flexibility index (Phi) is 3.57. The van der Waals surface area contributed by atoms with Gasteiger partial charge in [-0.3, -0.25) is 4.79 Å². The number of amidine groups is 1. The lowest BCUT2D eigenvalue weighted by molar-refractivity contribution is -0.140. The first-order chi connectivity index (χ1) is 10.2. The number of hydrogen-bond acceptors (Lipinski definition) is 3. The van der Waals surface area contributed by atoms with E-state index in [1.54, 1.807) is 0 Å². The largest absolute Gasteiger partial charge is 0.409 e. The minimum atomic E-state index is -0.810. The summed E-state index contributed by atoms with van der Waals surface area (Å²) in [4.78, 5) is 14.9. The molecule has 3 N–H and O–H groups in total. The average molecular weight is 287 g/mol. The quantitative estimate of drug-likeness (QED) is 0.379. The molecule has 0 spiro atoms. The number of carbonyl (C=O) groups is 1. The average Bonchev–Trinajstić information content (AvgIpc) is 2.97. The van der Waals surface area contributed by atoms with Crippen LogP contribution in [-0.4, -0.2) is 21.8 Å². The van der Waals surface area contributed by atoms with Crippen LogP contribution in [0.3, 0.4) is 0 Å². The van der Waals surface area contributed by atoms with Gasteiger partial charge < -0.3 is 15.8 Å².